The fourth-order valence-corrected chi connectivity index (χ4v) is 2.87. The number of rotatable bonds is 9. The number of hydrogen-bond acceptors (Lipinski definition) is 7. The van der Waals surface area contributed by atoms with Gasteiger partial charge in [-0.1, -0.05) is 15.9 Å². The maximum absolute atomic E-state index is 12.2. The molecule has 0 unspecified atom stereocenters. The fraction of sp³-hybridized carbons (Fsp3) is 0.250. The van der Waals surface area contributed by atoms with Crippen LogP contribution in [0.15, 0.2) is 39.9 Å². The predicted molar refractivity (Wildman–Crippen MR) is 115 cm³/mol. The molecule has 0 radical (unpaired) electrons. The summed E-state index contributed by atoms with van der Waals surface area (Å²) >= 11 is 3.32. The van der Waals surface area contributed by atoms with Gasteiger partial charge in [-0.2, -0.15) is 5.10 Å². The molecule has 0 fully saturated rings. The van der Waals surface area contributed by atoms with Crippen molar-refractivity contribution in [1.29, 1.82) is 0 Å². The van der Waals surface area contributed by atoms with Gasteiger partial charge in [0.25, 0.3) is 11.8 Å². The molecule has 10 heteroatoms. The Hall–Kier alpha value is -3.27. The summed E-state index contributed by atoms with van der Waals surface area (Å²) < 4.78 is 16.3. The van der Waals surface area contributed by atoms with E-state index in [1.165, 1.54) is 26.5 Å². The largest absolute Gasteiger partial charge is 0.504 e. The minimum absolute atomic E-state index is 0.0974. The van der Waals surface area contributed by atoms with Gasteiger partial charge in [-0.05, 0) is 37.3 Å². The number of carbonyl (C=O) groups excluding carboxylic acids is 2. The number of ether oxygens (including phenoxy) is 3. The number of phenolic OH excluding ortho intramolecular Hbond substituents is 1. The number of halogens is 1. The van der Waals surface area contributed by atoms with Gasteiger partial charge in [0, 0.05) is 15.6 Å². The van der Waals surface area contributed by atoms with E-state index in [4.69, 9.17) is 14.2 Å². The van der Waals surface area contributed by atoms with Crippen molar-refractivity contribution in [2.45, 2.75) is 6.92 Å². The van der Waals surface area contributed by atoms with Gasteiger partial charge in [0.15, 0.2) is 23.0 Å². The Kier molecular flexibility index (Phi) is 8.48. The van der Waals surface area contributed by atoms with Crippen molar-refractivity contribution in [3.63, 3.8) is 0 Å². The lowest BCUT2D eigenvalue weighted by Crippen LogP contribution is -2.34. The Balaban J connectivity index is 1.93. The summed E-state index contributed by atoms with van der Waals surface area (Å²) in [7, 11) is 2.96. The summed E-state index contributed by atoms with van der Waals surface area (Å²) in [5, 5.41) is 16.4. The van der Waals surface area contributed by atoms with Crippen molar-refractivity contribution in [1.82, 2.24) is 10.7 Å². The zero-order chi connectivity index (χ0) is 22.1. The first-order chi connectivity index (χ1) is 14.4. The minimum Gasteiger partial charge on any atom is -0.504 e. The number of hydrazone groups is 1. The molecule has 0 aromatic heterocycles. The second kappa shape index (κ2) is 11.1. The van der Waals surface area contributed by atoms with Crippen LogP contribution < -0.4 is 25.0 Å². The molecule has 0 aliphatic carbocycles. The van der Waals surface area contributed by atoms with Gasteiger partial charge in [0.2, 0.25) is 0 Å². The van der Waals surface area contributed by atoms with Crippen LogP contribution in [0.2, 0.25) is 0 Å². The molecule has 0 bridgehead atoms. The van der Waals surface area contributed by atoms with Crippen molar-refractivity contribution in [2.24, 2.45) is 5.10 Å². The molecule has 0 aliphatic heterocycles. The lowest BCUT2D eigenvalue weighted by atomic mass is 10.2. The summed E-state index contributed by atoms with van der Waals surface area (Å²) in [5.41, 5.74) is 2.94. The summed E-state index contributed by atoms with van der Waals surface area (Å²) in [5.74, 6) is 0.0891. The van der Waals surface area contributed by atoms with Gasteiger partial charge in [0.05, 0.1) is 33.6 Å². The van der Waals surface area contributed by atoms with E-state index in [9.17, 15) is 14.7 Å². The SMILES string of the molecule is CCOc1cc(Br)cc(C=NNC(=O)CNC(=O)c2ccc(OC)c(OC)c2)c1O. The highest BCUT2D eigenvalue weighted by Crippen LogP contribution is 2.33. The van der Waals surface area contributed by atoms with Gasteiger partial charge in [-0.15, -0.1) is 0 Å². The minimum atomic E-state index is -0.542. The molecule has 3 N–H and O–H groups in total. The molecule has 30 heavy (non-hydrogen) atoms. The van der Waals surface area contributed by atoms with E-state index in [-0.39, 0.29) is 12.3 Å². The first-order valence-electron chi connectivity index (χ1n) is 8.87. The summed E-state index contributed by atoms with van der Waals surface area (Å²) in [6.07, 6.45) is 1.27. The zero-order valence-electron chi connectivity index (χ0n) is 16.7. The molecule has 2 amide bonds. The molecule has 0 saturated carbocycles. The topological polar surface area (TPSA) is 118 Å². The predicted octanol–water partition coefficient (Wildman–Crippen LogP) is 2.45. The number of hydrogen-bond donors (Lipinski definition) is 3. The average molecular weight is 480 g/mol. The van der Waals surface area contributed by atoms with E-state index in [0.717, 1.165) is 0 Å². The fourth-order valence-electron chi connectivity index (χ4n) is 2.41. The normalized spacial score (nSPS) is 10.5. The van der Waals surface area contributed by atoms with E-state index >= 15 is 0 Å². The smallest absolute Gasteiger partial charge is 0.259 e. The third-order valence-electron chi connectivity index (χ3n) is 3.82. The van der Waals surface area contributed by atoms with E-state index in [1.54, 1.807) is 31.2 Å². The third kappa shape index (κ3) is 6.11. The number of carbonyl (C=O) groups is 2. The van der Waals surface area contributed by atoms with Crippen LogP contribution >= 0.6 is 15.9 Å². The Bertz CT molecular complexity index is 948. The standard InChI is InChI=1S/C20H22BrN3O6/c1-4-30-17-9-14(21)7-13(19(17)26)10-23-24-18(25)11-22-20(27)12-5-6-15(28-2)16(8-12)29-3/h5-10,26H,4,11H2,1-3H3,(H,22,27)(H,24,25). The molecule has 2 rings (SSSR count). The maximum atomic E-state index is 12.2. The number of benzene rings is 2. The average Bonchev–Trinajstić information content (AvgIpc) is 2.74. The second-order valence-corrected chi connectivity index (χ2v) is 6.74. The van der Waals surface area contributed by atoms with Crippen LogP contribution in [0.3, 0.4) is 0 Å². The Morgan fingerprint density at radius 3 is 2.53 bits per heavy atom. The molecule has 0 atom stereocenters. The number of aromatic hydroxyl groups is 1. The molecule has 2 aromatic rings. The van der Waals surface area contributed by atoms with Crippen LogP contribution in [0.4, 0.5) is 0 Å². The van der Waals surface area contributed by atoms with Gasteiger partial charge in [0.1, 0.15) is 0 Å². The Labute approximate surface area is 182 Å². The van der Waals surface area contributed by atoms with Gasteiger partial charge in [-0.25, -0.2) is 5.43 Å². The molecule has 0 aliphatic rings. The van der Waals surface area contributed by atoms with E-state index in [2.05, 4.69) is 31.8 Å². The molecular weight excluding hydrogens is 458 g/mol. The first-order valence-corrected chi connectivity index (χ1v) is 9.66. The zero-order valence-corrected chi connectivity index (χ0v) is 18.3. The maximum Gasteiger partial charge on any atom is 0.259 e. The number of phenols is 1. The van der Waals surface area contributed by atoms with Gasteiger partial charge >= 0.3 is 0 Å². The van der Waals surface area contributed by atoms with Crippen molar-refractivity contribution < 1.29 is 28.9 Å². The number of amides is 2. The van der Waals surface area contributed by atoms with E-state index in [1.807, 2.05) is 0 Å². The van der Waals surface area contributed by atoms with Crippen LogP contribution in [0, 0.1) is 0 Å². The van der Waals surface area contributed by atoms with Crippen LogP contribution in [0.1, 0.15) is 22.8 Å². The first kappa shape index (κ1) is 23.0. The molecular formula is C20H22BrN3O6. The van der Waals surface area contributed by atoms with E-state index in [0.29, 0.717) is 39.5 Å². The van der Waals surface area contributed by atoms with Crippen molar-refractivity contribution in [3.05, 3.63) is 45.9 Å². The molecule has 0 heterocycles. The number of methoxy groups -OCH3 is 2. The van der Waals surface area contributed by atoms with Gasteiger partial charge < -0.3 is 24.6 Å². The highest BCUT2D eigenvalue weighted by molar-refractivity contribution is 9.10. The lowest BCUT2D eigenvalue weighted by Gasteiger charge is -2.10. The summed E-state index contributed by atoms with van der Waals surface area (Å²) in [6.45, 7) is 1.89. The van der Waals surface area contributed by atoms with Crippen LogP contribution in [0.5, 0.6) is 23.0 Å². The Morgan fingerprint density at radius 1 is 1.13 bits per heavy atom. The van der Waals surface area contributed by atoms with Crippen molar-refractivity contribution >= 4 is 34.0 Å². The monoisotopic (exact) mass is 479 g/mol. The summed E-state index contributed by atoms with van der Waals surface area (Å²) in [4.78, 5) is 24.1. The molecule has 0 spiro atoms. The molecule has 0 saturated heterocycles. The third-order valence-corrected chi connectivity index (χ3v) is 4.27. The Morgan fingerprint density at radius 2 is 1.87 bits per heavy atom. The van der Waals surface area contributed by atoms with Crippen molar-refractivity contribution in [3.8, 4) is 23.0 Å². The quantitative estimate of drug-likeness (QED) is 0.375. The number of nitrogens with one attached hydrogen (secondary N) is 2. The lowest BCUT2D eigenvalue weighted by molar-refractivity contribution is -0.120. The van der Waals surface area contributed by atoms with E-state index < -0.39 is 11.8 Å². The highest BCUT2D eigenvalue weighted by Gasteiger charge is 2.12. The summed E-state index contributed by atoms with van der Waals surface area (Å²) in [6, 6.07) is 7.90. The second-order valence-electron chi connectivity index (χ2n) is 5.82. The van der Waals surface area contributed by atoms with Gasteiger partial charge in [-0.3, -0.25) is 9.59 Å². The van der Waals surface area contributed by atoms with Crippen LogP contribution in [-0.2, 0) is 4.79 Å². The number of nitrogens with zero attached hydrogens (tertiary/aromatic N) is 1. The van der Waals surface area contributed by atoms with Crippen LogP contribution in [0.25, 0.3) is 0 Å². The molecule has 2 aromatic carbocycles. The molecule has 160 valence electrons. The van der Waals surface area contributed by atoms with Crippen molar-refractivity contribution in [2.75, 3.05) is 27.4 Å². The van der Waals surface area contributed by atoms with Crippen LogP contribution in [-0.4, -0.2) is 50.5 Å². The molecule has 9 nitrogen and oxygen atoms in total. The highest BCUT2D eigenvalue weighted by atomic mass is 79.9.